The van der Waals surface area contributed by atoms with Crippen molar-refractivity contribution in [3.8, 4) is 17.2 Å². The molecule has 0 bridgehead atoms. The number of hydrogen-bond donors (Lipinski definition) is 3. The maximum absolute atomic E-state index is 11.2. The van der Waals surface area contributed by atoms with Crippen LogP contribution in [0.15, 0.2) is 30.3 Å². The number of carboxylic acids is 1. The molecule has 0 aromatic heterocycles. The molecule has 2 aromatic carbocycles. The van der Waals surface area contributed by atoms with Crippen molar-refractivity contribution >= 4 is 29.2 Å². The van der Waals surface area contributed by atoms with Gasteiger partial charge in [0.05, 0.1) is 30.5 Å². The fraction of sp³-hybridized carbons (Fsp3) is 0.222. The summed E-state index contributed by atoms with van der Waals surface area (Å²) in [7, 11) is 2.94. The third-order valence-electron chi connectivity index (χ3n) is 3.58. The highest BCUT2D eigenvalue weighted by molar-refractivity contribution is 6.32. The zero-order chi connectivity index (χ0) is 20.0. The maximum atomic E-state index is 11.2. The van der Waals surface area contributed by atoms with E-state index in [0.29, 0.717) is 23.7 Å². The first-order valence-corrected chi connectivity index (χ1v) is 8.16. The van der Waals surface area contributed by atoms with Crippen molar-refractivity contribution in [2.24, 2.45) is 5.73 Å². The van der Waals surface area contributed by atoms with Crippen LogP contribution < -0.4 is 25.3 Å². The second kappa shape index (κ2) is 9.00. The van der Waals surface area contributed by atoms with Crippen molar-refractivity contribution in [3.63, 3.8) is 0 Å². The molecule has 0 aliphatic heterocycles. The minimum Gasteiger partial charge on any atom is -0.495 e. The van der Waals surface area contributed by atoms with Gasteiger partial charge in [-0.1, -0.05) is 11.6 Å². The van der Waals surface area contributed by atoms with Gasteiger partial charge in [0.2, 0.25) is 0 Å². The van der Waals surface area contributed by atoms with Gasteiger partial charge >= 0.3 is 5.97 Å². The van der Waals surface area contributed by atoms with Crippen molar-refractivity contribution in [1.29, 1.82) is 0 Å². The van der Waals surface area contributed by atoms with Crippen LogP contribution in [-0.4, -0.2) is 37.8 Å². The smallest absolute Gasteiger partial charge is 0.335 e. The first-order chi connectivity index (χ1) is 12.8. The molecule has 0 unspecified atom stereocenters. The van der Waals surface area contributed by atoms with E-state index in [1.54, 1.807) is 18.2 Å². The predicted molar refractivity (Wildman–Crippen MR) is 100.0 cm³/mol. The number of methoxy groups -OCH3 is 2. The Morgan fingerprint density at radius 2 is 1.85 bits per heavy atom. The lowest BCUT2D eigenvalue weighted by molar-refractivity contribution is -0.119. The molecule has 0 aliphatic rings. The second-order valence-electron chi connectivity index (χ2n) is 5.44. The molecule has 2 aromatic rings. The van der Waals surface area contributed by atoms with Crippen molar-refractivity contribution in [3.05, 3.63) is 46.5 Å². The minimum absolute atomic E-state index is 0.129. The quantitative estimate of drug-likeness (QED) is 0.597. The first kappa shape index (κ1) is 20.2. The van der Waals surface area contributed by atoms with Crippen LogP contribution in [0.1, 0.15) is 15.9 Å². The standard InChI is InChI=1S/C18H19ClN2O6/c1-25-14-4-3-11(18(23)24)7-13(14)21-8-10-5-12(19)17(15(6-10)26-2)27-9-16(20)22/h3-7,21H,8-9H2,1-2H3,(H2,20,22)(H,23,24). The molecule has 0 saturated heterocycles. The van der Waals surface area contributed by atoms with E-state index in [2.05, 4.69) is 5.32 Å². The van der Waals surface area contributed by atoms with Crippen LogP contribution in [0.25, 0.3) is 0 Å². The number of benzene rings is 2. The Bertz CT molecular complexity index is 856. The average molecular weight is 395 g/mol. The molecule has 0 fully saturated rings. The maximum Gasteiger partial charge on any atom is 0.335 e. The highest BCUT2D eigenvalue weighted by Gasteiger charge is 2.14. The van der Waals surface area contributed by atoms with Crippen LogP contribution in [0, 0.1) is 0 Å². The van der Waals surface area contributed by atoms with E-state index in [9.17, 15) is 9.59 Å². The van der Waals surface area contributed by atoms with E-state index in [1.807, 2.05) is 0 Å². The molecule has 4 N–H and O–H groups in total. The van der Waals surface area contributed by atoms with E-state index in [1.165, 1.54) is 26.4 Å². The Morgan fingerprint density at radius 1 is 1.15 bits per heavy atom. The summed E-state index contributed by atoms with van der Waals surface area (Å²) in [4.78, 5) is 22.0. The Hall–Kier alpha value is -3.13. The van der Waals surface area contributed by atoms with Crippen LogP contribution in [0.3, 0.4) is 0 Å². The monoisotopic (exact) mass is 394 g/mol. The summed E-state index contributed by atoms with van der Waals surface area (Å²) < 4.78 is 15.8. The van der Waals surface area contributed by atoms with Gasteiger partial charge in [0, 0.05) is 6.54 Å². The number of aromatic carboxylic acids is 1. The van der Waals surface area contributed by atoms with E-state index in [4.69, 9.17) is 36.7 Å². The normalized spacial score (nSPS) is 10.2. The third-order valence-corrected chi connectivity index (χ3v) is 3.86. The molecule has 9 heteroatoms. The number of anilines is 1. The topological polar surface area (TPSA) is 120 Å². The number of nitrogens with one attached hydrogen (secondary N) is 1. The summed E-state index contributed by atoms with van der Waals surface area (Å²) >= 11 is 6.22. The largest absolute Gasteiger partial charge is 0.495 e. The van der Waals surface area contributed by atoms with E-state index in [-0.39, 0.29) is 22.9 Å². The summed E-state index contributed by atoms with van der Waals surface area (Å²) in [6.45, 7) is -0.0154. The van der Waals surface area contributed by atoms with Crippen molar-refractivity contribution in [1.82, 2.24) is 0 Å². The Labute approximate surface area is 160 Å². The Balaban J connectivity index is 2.23. The first-order valence-electron chi connectivity index (χ1n) is 7.78. The predicted octanol–water partition coefficient (Wildman–Crippen LogP) is 2.53. The molecule has 1 amide bonds. The van der Waals surface area contributed by atoms with E-state index >= 15 is 0 Å². The Morgan fingerprint density at radius 3 is 2.44 bits per heavy atom. The van der Waals surface area contributed by atoms with Crippen LogP contribution in [0.2, 0.25) is 5.02 Å². The number of amides is 1. The van der Waals surface area contributed by atoms with Gasteiger partial charge in [-0.3, -0.25) is 4.79 Å². The fourth-order valence-electron chi connectivity index (χ4n) is 2.34. The number of carbonyl (C=O) groups is 2. The lowest BCUT2D eigenvalue weighted by Crippen LogP contribution is -2.20. The summed E-state index contributed by atoms with van der Waals surface area (Å²) in [5.41, 5.74) is 6.46. The summed E-state index contributed by atoms with van der Waals surface area (Å²) in [5, 5.41) is 12.5. The molecule has 8 nitrogen and oxygen atoms in total. The van der Waals surface area contributed by atoms with Crippen LogP contribution >= 0.6 is 11.6 Å². The SMILES string of the molecule is COc1ccc(C(=O)O)cc1NCc1cc(Cl)c(OCC(N)=O)c(OC)c1. The second-order valence-corrected chi connectivity index (χ2v) is 5.84. The highest BCUT2D eigenvalue weighted by atomic mass is 35.5. The van der Waals surface area contributed by atoms with E-state index in [0.717, 1.165) is 5.56 Å². The van der Waals surface area contributed by atoms with Crippen LogP contribution in [0.4, 0.5) is 5.69 Å². The lowest BCUT2D eigenvalue weighted by Gasteiger charge is -2.15. The van der Waals surface area contributed by atoms with Gasteiger partial charge < -0.3 is 30.4 Å². The molecule has 2 rings (SSSR count). The van der Waals surface area contributed by atoms with Gasteiger partial charge in [0.1, 0.15) is 5.75 Å². The van der Waals surface area contributed by atoms with Gasteiger partial charge in [-0.15, -0.1) is 0 Å². The number of primary amides is 1. The molecular formula is C18H19ClN2O6. The zero-order valence-electron chi connectivity index (χ0n) is 14.7. The van der Waals surface area contributed by atoms with Gasteiger partial charge in [-0.2, -0.15) is 0 Å². The molecule has 27 heavy (non-hydrogen) atoms. The lowest BCUT2D eigenvalue weighted by atomic mass is 10.1. The number of rotatable bonds is 9. The van der Waals surface area contributed by atoms with Crippen LogP contribution in [0.5, 0.6) is 17.2 Å². The fourth-order valence-corrected chi connectivity index (χ4v) is 2.62. The Kier molecular flexibility index (Phi) is 6.73. The minimum atomic E-state index is -1.04. The summed E-state index contributed by atoms with van der Waals surface area (Å²) in [5.74, 6) is -0.621. The van der Waals surface area contributed by atoms with Crippen molar-refractivity contribution < 1.29 is 28.9 Å². The number of ether oxygens (including phenoxy) is 3. The number of halogens is 1. The van der Waals surface area contributed by atoms with Gasteiger partial charge in [0.25, 0.3) is 5.91 Å². The molecule has 144 valence electrons. The van der Waals surface area contributed by atoms with E-state index < -0.39 is 11.9 Å². The molecule has 0 aliphatic carbocycles. The molecule has 0 radical (unpaired) electrons. The summed E-state index contributed by atoms with van der Waals surface area (Å²) in [6, 6.07) is 7.82. The number of carboxylic acid groups (broad SMARTS) is 1. The van der Waals surface area contributed by atoms with Gasteiger partial charge in [-0.25, -0.2) is 4.79 Å². The van der Waals surface area contributed by atoms with Gasteiger partial charge in [-0.05, 0) is 35.9 Å². The summed E-state index contributed by atoms with van der Waals surface area (Å²) in [6.07, 6.45) is 0. The number of hydrogen-bond acceptors (Lipinski definition) is 6. The van der Waals surface area contributed by atoms with Crippen molar-refractivity contribution in [2.75, 3.05) is 26.1 Å². The average Bonchev–Trinajstić information content (AvgIpc) is 2.64. The molecule has 0 heterocycles. The van der Waals surface area contributed by atoms with Crippen LogP contribution in [-0.2, 0) is 11.3 Å². The molecule has 0 atom stereocenters. The van der Waals surface area contributed by atoms with Crippen molar-refractivity contribution in [2.45, 2.75) is 6.54 Å². The highest BCUT2D eigenvalue weighted by Crippen LogP contribution is 2.37. The third kappa shape index (κ3) is 5.18. The number of nitrogens with two attached hydrogens (primary N) is 1. The molecule has 0 saturated carbocycles. The molecule has 0 spiro atoms. The zero-order valence-corrected chi connectivity index (χ0v) is 15.5. The molecular weight excluding hydrogens is 376 g/mol. The number of carbonyl (C=O) groups excluding carboxylic acids is 1. The van der Waals surface area contributed by atoms with Gasteiger partial charge in [0.15, 0.2) is 18.1 Å².